The number of urea groups is 1. The van der Waals surface area contributed by atoms with Gasteiger partial charge >= 0.3 is 6.03 Å². The van der Waals surface area contributed by atoms with E-state index in [9.17, 15) is 14.4 Å². The fourth-order valence-corrected chi connectivity index (χ4v) is 4.91. The number of anilines is 1. The first-order valence-electron chi connectivity index (χ1n) is 11.3. The van der Waals surface area contributed by atoms with Crippen molar-refractivity contribution in [2.75, 3.05) is 11.9 Å². The van der Waals surface area contributed by atoms with Crippen LogP contribution in [0, 0.1) is 0 Å². The topological polar surface area (TPSA) is 87.7 Å². The first kappa shape index (κ1) is 26.7. The van der Waals surface area contributed by atoms with E-state index in [2.05, 4.69) is 26.6 Å². The molecule has 1 aliphatic rings. The van der Waals surface area contributed by atoms with Crippen molar-refractivity contribution in [2.45, 2.75) is 20.0 Å². The van der Waals surface area contributed by atoms with Gasteiger partial charge in [-0.05, 0) is 63.8 Å². The van der Waals surface area contributed by atoms with Crippen LogP contribution in [0.25, 0.3) is 6.08 Å². The zero-order valence-corrected chi connectivity index (χ0v) is 22.8. The van der Waals surface area contributed by atoms with Crippen molar-refractivity contribution in [3.05, 3.63) is 97.6 Å². The fraction of sp³-hybridized carbons (Fsp3) is 0.148. The Hall–Kier alpha value is -3.33. The maximum atomic E-state index is 12.9. The van der Waals surface area contributed by atoms with E-state index in [-0.39, 0.29) is 12.3 Å². The summed E-state index contributed by atoms with van der Waals surface area (Å²) in [5.74, 6) is -0.678. The molecule has 1 aliphatic heterocycles. The van der Waals surface area contributed by atoms with Gasteiger partial charge in [-0.25, -0.2) is 9.69 Å². The maximum Gasteiger partial charge on any atom is 0.329 e. The van der Waals surface area contributed by atoms with E-state index in [0.29, 0.717) is 31.5 Å². The van der Waals surface area contributed by atoms with Crippen molar-refractivity contribution in [1.82, 2.24) is 10.2 Å². The molecule has 3 aromatic carbocycles. The third-order valence-corrected chi connectivity index (χ3v) is 6.84. The van der Waals surface area contributed by atoms with Crippen LogP contribution in [0.15, 0.2) is 70.8 Å². The number of hydrogen-bond acceptors (Lipinski definition) is 4. The SMILES string of the molecule is CCc1ccccc1NC(=O)CN1C(=O)N/C(=C/c2cc(Cl)c(OCc3ccccc3Cl)c(Br)c2)C1=O. The highest BCUT2D eigenvalue weighted by Crippen LogP contribution is 2.36. The molecule has 0 saturated carbocycles. The van der Waals surface area contributed by atoms with Gasteiger partial charge in [0, 0.05) is 16.3 Å². The third kappa shape index (κ3) is 6.33. The average molecular weight is 603 g/mol. The quantitative estimate of drug-likeness (QED) is 0.230. The second kappa shape index (κ2) is 11.8. The zero-order valence-electron chi connectivity index (χ0n) is 19.7. The van der Waals surface area contributed by atoms with Gasteiger partial charge in [0.1, 0.15) is 18.8 Å². The van der Waals surface area contributed by atoms with Gasteiger partial charge in [0.2, 0.25) is 5.91 Å². The van der Waals surface area contributed by atoms with Crippen molar-refractivity contribution in [1.29, 1.82) is 0 Å². The lowest BCUT2D eigenvalue weighted by Gasteiger charge is -2.13. The predicted molar refractivity (Wildman–Crippen MR) is 148 cm³/mol. The first-order valence-corrected chi connectivity index (χ1v) is 12.9. The van der Waals surface area contributed by atoms with Crippen molar-refractivity contribution >= 4 is 68.7 Å². The first-order chi connectivity index (χ1) is 17.8. The van der Waals surface area contributed by atoms with Gasteiger partial charge in [-0.3, -0.25) is 9.59 Å². The Kier molecular flexibility index (Phi) is 8.53. The second-order valence-electron chi connectivity index (χ2n) is 8.13. The van der Waals surface area contributed by atoms with Gasteiger partial charge in [-0.15, -0.1) is 0 Å². The molecule has 0 radical (unpaired) electrons. The lowest BCUT2D eigenvalue weighted by molar-refractivity contribution is -0.127. The van der Waals surface area contributed by atoms with E-state index in [4.69, 9.17) is 27.9 Å². The molecule has 0 atom stereocenters. The number of carbonyl (C=O) groups is 3. The van der Waals surface area contributed by atoms with Crippen LogP contribution in [0.3, 0.4) is 0 Å². The lowest BCUT2D eigenvalue weighted by atomic mass is 10.1. The molecule has 4 amide bonds. The molecule has 1 saturated heterocycles. The van der Waals surface area contributed by atoms with Gasteiger partial charge in [-0.1, -0.05) is 66.5 Å². The van der Waals surface area contributed by atoms with Crippen LogP contribution in [-0.2, 0) is 22.6 Å². The van der Waals surface area contributed by atoms with E-state index in [1.807, 2.05) is 37.3 Å². The largest absolute Gasteiger partial charge is 0.486 e. The van der Waals surface area contributed by atoms with Crippen LogP contribution in [0.1, 0.15) is 23.6 Å². The summed E-state index contributed by atoms with van der Waals surface area (Å²) in [6, 6.07) is 17.3. The van der Waals surface area contributed by atoms with Crippen molar-refractivity contribution in [3.63, 3.8) is 0 Å². The van der Waals surface area contributed by atoms with E-state index in [1.165, 1.54) is 6.08 Å². The number of nitrogens with zero attached hydrogens (tertiary/aromatic N) is 1. The van der Waals surface area contributed by atoms with E-state index < -0.39 is 24.4 Å². The molecule has 2 N–H and O–H groups in total. The Morgan fingerprint density at radius 3 is 2.46 bits per heavy atom. The number of hydrogen-bond donors (Lipinski definition) is 2. The molecule has 10 heteroatoms. The standard InChI is InChI=1S/C27H22BrCl2N3O4/c1-2-17-7-4-6-10-22(17)31-24(34)14-33-26(35)23(32-27(33)36)13-16-11-19(28)25(21(30)12-16)37-15-18-8-3-5-9-20(18)29/h3-13H,2,14-15H2,1H3,(H,31,34)(H,32,36)/b23-13+. The zero-order chi connectivity index (χ0) is 26.5. The second-order valence-corrected chi connectivity index (χ2v) is 9.80. The van der Waals surface area contributed by atoms with Gasteiger partial charge in [-0.2, -0.15) is 0 Å². The maximum absolute atomic E-state index is 12.9. The summed E-state index contributed by atoms with van der Waals surface area (Å²) < 4.78 is 6.41. The molecule has 1 heterocycles. The van der Waals surface area contributed by atoms with Gasteiger partial charge in [0.15, 0.2) is 5.75 Å². The number of halogens is 3. The summed E-state index contributed by atoms with van der Waals surface area (Å²) in [4.78, 5) is 38.7. The number of aryl methyl sites for hydroxylation is 1. The highest BCUT2D eigenvalue weighted by Gasteiger charge is 2.35. The lowest BCUT2D eigenvalue weighted by Crippen LogP contribution is -2.38. The molecule has 4 rings (SSSR count). The normalized spacial score (nSPS) is 14.2. The number of para-hydroxylation sites is 1. The average Bonchev–Trinajstić information content (AvgIpc) is 3.12. The molecule has 0 aromatic heterocycles. The molecular formula is C27H22BrCl2N3O4. The van der Waals surface area contributed by atoms with E-state index >= 15 is 0 Å². The van der Waals surface area contributed by atoms with Crippen LogP contribution in [0.5, 0.6) is 5.75 Å². The van der Waals surface area contributed by atoms with Gasteiger partial charge in [0.05, 0.1) is 9.50 Å². The van der Waals surface area contributed by atoms with Crippen molar-refractivity contribution in [3.8, 4) is 5.75 Å². The summed E-state index contributed by atoms with van der Waals surface area (Å²) in [5, 5.41) is 6.16. The number of imide groups is 1. The number of rotatable bonds is 8. The van der Waals surface area contributed by atoms with Crippen LogP contribution in [0.4, 0.5) is 10.5 Å². The van der Waals surface area contributed by atoms with Crippen LogP contribution < -0.4 is 15.4 Å². The molecule has 190 valence electrons. The highest BCUT2D eigenvalue weighted by atomic mass is 79.9. The third-order valence-electron chi connectivity index (χ3n) is 5.60. The molecule has 37 heavy (non-hydrogen) atoms. The van der Waals surface area contributed by atoms with E-state index in [0.717, 1.165) is 22.4 Å². The fourth-order valence-electron chi connectivity index (χ4n) is 3.73. The Bertz CT molecular complexity index is 1390. The number of amides is 4. The molecule has 0 unspecified atom stereocenters. The van der Waals surface area contributed by atoms with Gasteiger partial charge < -0.3 is 15.4 Å². The van der Waals surface area contributed by atoms with Crippen molar-refractivity contribution in [2.24, 2.45) is 0 Å². The van der Waals surface area contributed by atoms with Gasteiger partial charge in [0.25, 0.3) is 5.91 Å². The summed E-state index contributed by atoms with van der Waals surface area (Å²) in [7, 11) is 0. The van der Waals surface area contributed by atoms with E-state index in [1.54, 1.807) is 30.3 Å². The number of nitrogens with one attached hydrogen (secondary N) is 2. The minimum Gasteiger partial charge on any atom is -0.486 e. The van der Waals surface area contributed by atoms with Crippen molar-refractivity contribution < 1.29 is 19.1 Å². The number of benzene rings is 3. The molecule has 1 fully saturated rings. The molecular weight excluding hydrogens is 581 g/mol. The Balaban J connectivity index is 1.45. The minimum absolute atomic E-state index is 0.0273. The molecule has 3 aromatic rings. The monoisotopic (exact) mass is 601 g/mol. The predicted octanol–water partition coefficient (Wildman–Crippen LogP) is 6.43. The Morgan fingerprint density at radius 2 is 1.76 bits per heavy atom. The Labute approximate surface area is 232 Å². The minimum atomic E-state index is -0.681. The Morgan fingerprint density at radius 1 is 1.05 bits per heavy atom. The molecule has 0 spiro atoms. The highest BCUT2D eigenvalue weighted by molar-refractivity contribution is 9.10. The molecule has 0 aliphatic carbocycles. The summed E-state index contributed by atoms with van der Waals surface area (Å²) in [6.45, 7) is 1.77. The smallest absolute Gasteiger partial charge is 0.329 e. The molecule has 0 bridgehead atoms. The number of ether oxygens (including phenoxy) is 1. The summed E-state index contributed by atoms with van der Waals surface area (Å²) in [5.41, 5.74) is 2.98. The summed E-state index contributed by atoms with van der Waals surface area (Å²) in [6.07, 6.45) is 2.22. The van der Waals surface area contributed by atoms with Crippen LogP contribution >= 0.6 is 39.1 Å². The number of carbonyl (C=O) groups excluding carboxylic acids is 3. The summed E-state index contributed by atoms with van der Waals surface area (Å²) >= 11 is 16.1. The molecule has 7 nitrogen and oxygen atoms in total. The van der Waals surface area contributed by atoms with Crippen LogP contribution in [-0.4, -0.2) is 29.3 Å². The van der Waals surface area contributed by atoms with Crippen LogP contribution in [0.2, 0.25) is 10.0 Å².